The summed E-state index contributed by atoms with van der Waals surface area (Å²) in [5.41, 5.74) is 5.03. The van der Waals surface area contributed by atoms with Crippen LogP contribution in [0.25, 0.3) is 10.8 Å². The van der Waals surface area contributed by atoms with Crippen molar-refractivity contribution < 1.29 is 14.0 Å². The first-order valence-corrected chi connectivity index (χ1v) is 8.47. The molecule has 134 valence electrons. The van der Waals surface area contributed by atoms with E-state index in [4.69, 9.17) is 0 Å². The van der Waals surface area contributed by atoms with E-state index < -0.39 is 5.91 Å². The number of hydrogen-bond donors (Lipinski definition) is 1. The van der Waals surface area contributed by atoms with Crippen molar-refractivity contribution in [2.75, 3.05) is 11.4 Å². The highest BCUT2D eigenvalue weighted by Crippen LogP contribution is 2.36. The van der Waals surface area contributed by atoms with E-state index in [0.717, 1.165) is 16.5 Å². The Labute approximate surface area is 155 Å². The minimum Gasteiger partial charge on any atom is -0.298 e. The van der Waals surface area contributed by atoms with E-state index in [1.165, 1.54) is 17.0 Å². The maximum absolute atomic E-state index is 13.0. The van der Waals surface area contributed by atoms with Crippen molar-refractivity contribution in [3.05, 3.63) is 77.6 Å². The van der Waals surface area contributed by atoms with Crippen molar-refractivity contribution >= 4 is 34.0 Å². The Bertz CT molecular complexity index is 1090. The molecular weight excluding hydrogens is 345 g/mol. The maximum atomic E-state index is 13.0. The Morgan fingerprint density at radius 2 is 1.78 bits per heavy atom. The van der Waals surface area contributed by atoms with Crippen LogP contribution < -0.4 is 10.3 Å². The highest BCUT2D eigenvalue weighted by atomic mass is 19.1. The van der Waals surface area contributed by atoms with Crippen LogP contribution in [-0.4, -0.2) is 24.1 Å². The van der Waals surface area contributed by atoms with E-state index in [2.05, 4.69) is 10.5 Å². The molecule has 0 fully saturated rings. The molecule has 0 saturated carbocycles. The third-order valence-corrected chi connectivity index (χ3v) is 4.56. The maximum Gasteiger partial charge on any atom is 0.260 e. The van der Waals surface area contributed by atoms with Gasteiger partial charge in [-0.3, -0.25) is 14.5 Å². The summed E-state index contributed by atoms with van der Waals surface area (Å²) in [6.45, 7) is 1.58. The van der Waals surface area contributed by atoms with Gasteiger partial charge in [0.25, 0.3) is 11.8 Å². The van der Waals surface area contributed by atoms with E-state index in [1.54, 1.807) is 25.1 Å². The molecule has 27 heavy (non-hydrogen) atoms. The third kappa shape index (κ3) is 3.06. The Hall–Kier alpha value is -3.54. The summed E-state index contributed by atoms with van der Waals surface area (Å²) >= 11 is 0. The fraction of sp³-hybridized carbons (Fsp3) is 0.0952. The van der Waals surface area contributed by atoms with Crippen LogP contribution in [0, 0.1) is 5.82 Å². The third-order valence-electron chi connectivity index (χ3n) is 4.56. The molecule has 3 aromatic carbocycles. The van der Waals surface area contributed by atoms with Gasteiger partial charge < -0.3 is 0 Å². The molecule has 0 spiro atoms. The summed E-state index contributed by atoms with van der Waals surface area (Å²) in [7, 11) is 0. The number of nitrogens with zero attached hydrogens (tertiary/aromatic N) is 2. The highest BCUT2D eigenvalue weighted by Gasteiger charge is 2.30. The second-order valence-corrected chi connectivity index (χ2v) is 6.31. The number of hydrogen-bond acceptors (Lipinski definition) is 3. The molecule has 6 heteroatoms. The molecule has 1 heterocycles. The molecule has 0 bridgehead atoms. The zero-order chi connectivity index (χ0) is 19.0. The lowest BCUT2D eigenvalue weighted by Crippen LogP contribution is -2.37. The van der Waals surface area contributed by atoms with Gasteiger partial charge in [-0.2, -0.15) is 5.10 Å². The summed E-state index contributed by atoms with van der Waals surface area (Å²) in [6, 6.07) is 17.0. The van der Waals surface area contributed by atoms with Crippen LogP contribution in [0.15, 0.2) is 65.8 Å². The monoisotopic (exact) mass is 361 g/mol. The summed E-state index contributed by atoms with van der Waals surface area (Å²) in [6.07, 6.45) is 0. The smallest absolute Gasteiger partial charge is 0.260 e. The number of amides is 2. The average Bonchev–Trinajstić information content (AvgIpc) is 2.95. The van der Waals surface area contributed by atoms with Crippen LogP contribution in [0.4, 0.5) is 10.1 Å². The van der Waals surface area contributed by atoms with Crippen LogP contribution in [0.5, 0.6) is 0 Å². The zero-order valence-corrected chi connectivity index (χ0v) is 14.6. The minimum atomic E-state index is -0.408. The van der Waals surface area contributed by atoms with Crippen molar-refractivity contribution in [2.45, 2.75) is 6.92 Å². The standard InChI is InChI=1S/C21H16FN3O2/c1-13(14-8-10-16(22)11-9-14)23-24-19(26)12-25-18-7-3-5-15-4-2-6-17(20(15)18)21(25)27/h2-11H,12H2,1H3,(H,24,26)/b23-13+. The Morgan fingerprint density at radius 3 is 2.52 bits per heavy atom. The van der Waals surface area contributed by atoms with Crippen LogP contribution in [0.3, 0.4) is 0 Å². The van der Waals surface area contributed by atoms with Gasteiger partial charge in [0.1, 0.15) is 12.4 Å². The van der Waals surface area contributed by atoms with E-state index >= 15 is 0 Å². The van der Waals surface area contributed by atoms with Crippen molar-refractivity contribution in [3.8, 4) is 0 Å². The topological polar surface area (TPSA) is 61.8 Å². The first kappa shape index (κ1) is 16.9. The van der Waals surface area contributed by atoms with Crippen LogP contribution in [0.2, 0.25) is 0 Å². The average molecular weight is 361 g/mol. The fourth-order valence-electron chi connectivity index (χ4n) is 3.22. The number of carbonyl (C=O) groups is 2. The van der Waals surface area contributed by atoms with Crippen molar-refractivity contribution in [2.24, 2.45) is 5.10 Å². The Kier molecular flexibility index (Phi) is 4.16. The second-order valence-electron chi connectivity index (χ2n) is 6.31. The number of benzene rings is 3. The van der Waals surface area contributed by atoms with Crippen LogP contribution in [-0.2, 0) is 4.79 Å². The number of hydrazone groups is 1. The van der Waals surface area contributed by atoms with Gasteiger partial charge in [-0.1, -0.05) is 36.4 Å². The minimum absolute atomic E-state index is 0.132. The normalized spacial score (nSPS) is 13.3. The number of halogens is 1. The molecule has 0 aliphatic carbocycles. The van der Waals surface area contributed by atoms with Gasteiger partial charge in [0.2, 0.25) is 0 Å². The van der Waals surface area contributed by atoms with Gasteiger partial charge in [0, 0.05) is 10.9 Å². The molecule has 5 nitrogen and oxygen atoms in total. The predicted octanol–water partition coefficient (Wildman–Crippen LogP) is 3.48. The van der Waals surface area contributed by atoms with Gasteiger partial charge in [0.15, 0.2) is 0 Å². The van der Waals surface area contributed by atoms with Gasteiger partial charge in [-0.05, 0) is 42.1 Å². The molecule has 0 aromatic heterocycles. The molecule has 0 saturated heterocycles. The lowest BCUT2D eigenvalue weighted by molar-refractivity contribution is -0.119. The quantitative estimate of drug-likeness (QED) is 0.571. The molecule has 0 atom stereocenters. The van der Waals surface area contributed by atoms with E-state index in [0.29, 0.717) is 16.8 Å². The summed E-state index contributed by atoms with van der Waals surface area (Å²) in [5.74, 6) is -0.942. The molecule has 1 aliphatic rings. The Balaban J connectivity index is 1.51. The van der Waals surface area contributed by atoms with Crippen LogP contribution >= 0.6 is 0 Å². The molecule has 2 amide bonds. The first-order chi connectivity index (χ1) is 13.0. The number of nitrogens with one attached hydrogen (secondary N) is 1. The van der Waals surface area contributed by atoms with Gasteiger partial charge in [0.05, 0.1) is 11.4 Å². The van der Waals surface area contributed by atoms with Crippen LogP contribution in [0.1, 0.15) is 22.8 Å². The van der Waals surface area contributed by atoms with E-state index in [1.807, 2.05) is 30.3 Å². The molecule has 1 N–H and O–H groups in total. The lowest BCUT2D eigenvalue weighted by Gasteiger charge is -2.16. The Morgan fingerprint density at radius 1 is 1.07 bits per heavy atom. The van der Waals surface area contributed by atoms with Crippen molar-refractivity contribution in [3.63, 3.8) is 0 Å². The summed E-state index contributed by atoms with van der Waals surface area (Å²) in [4.78, 5) is 26.5. The SMILES string of the molecule is C/C(=N\NC(=O)CN1C(=O)c2cccc3cccc1c23)c1ccc(F)cc1. The first-order valence-electron chi connectivity index (χ1n) is 8.47. The second kappa shape index (κ2) is 6.64. The molecule has 3 aromatic rings. The van der Waals surface area contributed by atoms with Gasteiger partial charge >= 0.3 is 0 Å². The molecule has 0 radical (unpaired) electrons. The zero-order valence-electron chi connectivity index (χ0n) is 14.6. The summed E-state index contributed by atoms with van der Waals surface area (Å²) in [5, 5.41) is 5.87. The summed E-state index contributed by atoms with van der Waals surface area (Å²) < 4.78 is 13.0. The largest absolute Gasteiger partial charge is 0.298 e. The molecule has 1 aliphatic heterocycles. The fourth-order valence-corrected chi connectivity index (χ4v) is 3.22. The van der Waals surface area contributed by atoms with E-state index in [9.17, 15) is 14.0 Å². The number of anilines is 1. The molecular formula is C21H16FN3O2. The molecule has 0 unspecified atom stereocenters. The number of carbonyl (C=O) groups excluding carboxylic acids is 2. The lowest BCUT2D eigenvalue weighted by atomic mass is 10.1. The highest BCUT2D eigenvalue weighted by molar-refractivity contribution is 6.26. The van der Waals surface area contributed by atoms with Gasteiger partial charge in [-0.15, -0.1) is 0 Å². The van der Waals surface area contributed by atoms with Crippen molar-refractivity contribution in [1.82, 2.24) is 5.43 Å². The predicted molar refractivity (Wildman–Crippen MR) is 102 cm³/mol. The van der Waals surface area contributed by atoms with Gasteiger partial charge in [-0.25, -0.2) is 9.82 Å². The number of rotatable bonds is 4. The van der Waals surface area contributed by atoms with Crippen molar-refractivity contribution in [1.29, 1.82) is 0 Å². The molecule has 4 rings (SSSR count). The van der Waals surface area contributed by atoms with E-state index in [-0.39, 0.29) is 18.3 Å².